The van der Waals surface area contributed by atoms with Crippen LogP contribution in [-0.4, -0.2) is 14.3 Å². The Morgan fingerprint density at radius 1 is 1.24 bits per heavy atom. The molecule has 25 heavy (non-hydrogen) atoms. The van der Waals surface area contributed by atoms with Gasteiger partial charge < -0.3 is 10.3 Å². The first kappa shape index (κ1) is 17.9. The molecule has 2 aromatic carbocycles. The first-order valence-corrected chi connectivity index (χ1v) is 9.43. The fourth-order valence-electron chi connectivity index (χ4n) is 2.37. The Labute approximate surface area is 160 Å². The number of nitrogens with zero attached hydrogens (tertiary/aromatic N) is 1. The summed E-state index contributed by atoms with van der Waals surface area (Å²) in [6.45, 7) is 2.43. The van der Waals surface area contributed by atoms with Crippen LogP contribution in [0.2, 0.25) is 5.02 Å². The van der Waals surface area contributed by atoms with E-state index >= 15 is 0 Å². The van der Waals surface area contributed by atoms with E-state index in [1.807, 2.05) is 42.5 Å². The number of benzene rings is 2. The molecule has 1 aromatic heterocycles. The van der Waals surface area contributed by atoms with Crippen LogP contribution in [0.5, 0.6) is 0 Å². The van der Waals surface area contributed by atoms with Gasteiger partial charge in [-0.2, -0.15) is 0 Å². The van der Waals surface area contributed by atoms with Crippen molar-refractivity contribution in [3.8, 4) is 0 Å². The average Bonchev–Trinajstić information content (AvgIpc) is 2.59. The van der Waals surface area contributed by atoms with E-state index < -0.39 is 0 Å². The Hall–Kier alpha value is -1.89. The maximum Gasteiger partial charge on any atom is 0.258 e. The molecule has 0 radical (unpaired) electrons. The van der Waals surface area contributed by atoms with E-state index in [4.69, 9.17) is 23.8 Å². The van der Waals surface area contributed by atoms with Crippen LogP contribution in [0.1, 0.15) is 17.0 Å². The van der Waals surface area contributed by atoms with Crippen LogP contribution >= 0.6 is 35.6 Å². The summed E-state index contributed by atoms with van der Waals surface area (Å²) < 4.78 is 0.714. The number of H-pyrrole nitrogens is 1. The van der Waals surface area contributed by atoms with Crippen LogP contribution in [0.25, 0.3) is 10.9 Å². The van der Waals surface area contributed by atoms with Crippen LogP contribution in [0.3, 0.4) is 0 Å². The zero-order chi connectivity index (χ0) is 17.8. The summed E-state index contributed by atoms with van der Waals surface area (Å²) in [5.41, 5.74) is 2.74. The smallest absolute Gasteiger partial charge is 0.258 e. The molecule has 4 nitrogen and oxygen atoms in total. The molecule has 1 heterocycles. The molecule has 2 N–H and O–H groups in total. The van der Waals surface area contributed by atoms with Crippen LogP contribution in [-0.2, 0) is 12.3 Å². The van der Waals surface area contributed by atoms with Crippen molar-refractivity contribution in [2.75, 3.05) is 0 Å². The number of thiocarbonyl (C=S) groups is 1. The van der Waals surface area contributed by atoms with E-state index in [1.54, 1.807) is 6.92 Å². The molecule has 0 aliphatic rings. The number of thioether (sulfide) groups is 1. The minimum absolute atomic E-state index is 0.113. The zero-order valence-electron chi connectivity index (χ0n) is 13.5. The summed E-state index contributed by atoms with van der Waals surface area (Å²) in [6.07, 6.45) is 0. The second kappa shape index (κ2) is 7.99. The predicted molar refractivity (Wildman–Crippen MR) is 109 cm³/mol. The van der Waals surface area contributed by atoms with Crippen LogP contribution in [0, 0.1) is 6.92 Å². The van der Waals surface area contributed by atoms with Gasteiger partial charge in [-0.3, -0.25) is 4.79 Å². The summed E-state index contributed by atoms with van der Waals surface area (Å²) >= 11 is 12.8. The quantitative estimate of drug-likeness (QED) is 0.655. The Morgan fingerprint density at radius 3 is 2.72 bits per heavy atom. The van der Waals surface area contributed by atoms with E-state index in [0.29, 0.717) is 33.3 Å². The molecule has 7 heteroatoms. The molecular weight excluding hydrogens is 374 g/mol. The van der Waals surface area contributed by atoms with Crippen LogP contribution < -0.4 is 10.9 Å². The molecule has 128 valence electrons. The zero-order valence-corrected chi connectivity index (χ0v) is 15.9. The minimum atomic E-state index is -0.113. The van der Waals surface area contributed by atoms with Gasteiger partial charge in [0.2, 0.25) is 0 Å². The molecule has 0 bridgehead atoms. The molecule has 0 fully saturated rings. The average molecular weight is 390 g/mol. The van der Waals surface area contributed by atoms with Gasteiger partial charge in [0.05, 0.1) is 10.9 Å². The Balaban J connectivity index is 1.59. The number of rotatable bonds is 4. The summed E-state index contributed by atoms with van der Waals surface area (Å²) in [4.78, 5) is 19.1. The third-order valence-corrected chi connectivity index (χ3v) is 5.24. The second-order valence-electron chi connectivity index (χ2n) is 5.56. The van der Waals surface area contributed by atoms with Crippen molar-refractivity contribution in [2.24, 2.45) is 0 Å². The molecule has 3 rings (SSSR count). The van der Waals surface area contributed by atoms with E-state index in [2.05, 4.69) is 15.3 Å². The fourth-order valence-corrected chi connectivity index (χ4v) is 3.40. The topological polar surface area (TPSA) is 57.8 Å². The SMILES string of the molecule is Cc1nc2ccc(CSC(=S)NCc3ccc(Cl)cc3)cc2c(=O)[nH]1. The largest absolute Gasteiger partial charge is 0.367 e. The standard InChI is InChI=1S/C18H16ClN3OS2/c1-11-21-16-7-4-13(8-15(16)17(23)22-11)10-25-18(24)20-9-12-2-5-14(19)6-3-12/h2-8H,9-10H2,1H3,(H,20,24)(H,21,22,23). The highest BCUT2D eigenvalue weighted by Gasteiger charge is 2.05. The third kappa shape index (κ3) is 4.81. The number of aryl methyl sites for hydroxylation is 1. The highest BCUT2D eigenvalue weighted by Crippen LogP contribution is 2.17. The van der Waals surface area contributed by atoms with Crippen molar-refractivity contribution in [3.05, 3.63) is 74.8 Å². The first-order chi connectivity index (χ1) is 12.0. The van der Waals surface area contributed by atoms with Crippen molar-refractivity contribution >= 4 is 50.8 Å². The van der Waals surface area contributed by atoms with Crippen LogP contribution in [0.15, 0.2) is 47.3 Å². The summed E-state index contributed by atoms with van der Waals surface area (Å²) in [5.74, 6) is 1.31. The molecule has 0 saturated carbocycles. The van der Waals surface area contributed by atoms with Gasteiger partial charge >= 0.3 is 0 Å². The van der Waals surface area contributed by atoms with Crippen molar-refractivity contribution < 1.29 is 0 Å². The maximum absolute atomic E-state index is 12.0. The van der Waals surface area contributed by atoms with Crippen molar-refractivity contribution in [2.45, 2.75) is 19.2 Å². The molecule has 0 amide bonds. The monoisotopic (exact) mass is 389 g/mol. The van der Waals surface area contributed by atoms with E-state index in [1.165, 1.54) is 11.8 Å². The van der Waals surface area contributed by atoms with E-state index in [9.17, 15) is 4.79 Å². The van der Waals surface area contributed by atoms with Gasteiger partial charge in [-0.1, -0.05) is 53.8 Å². The lowest BCUT2D eigenvalue weighted by Crippen LogP contribution is -2.17. The van der Waals surface area contributed by atoms with Gasteiger partial charge in [-0.05, 0) is 42.3 Å². The fraction of sp³-hybridized carbons (Fsp3) is 0.167. The minimum Gasteiger partial charge on any atom is -0.367 e. The highest BCUT2D eigenvalue weighted by molar-refractivity contribution is 8.22. The number of hydrogen-bond donors (Lipinski definition) is 2. The van der Waals surface area contributed by atoms with Gasteiger partial charge in [-0.15, -0.1) is 0 Å². The molecule has 0 spiro atoms. The Bertz CT molecular complexity index is 970. The van der Waals surface area contributed by atoms with Gasteiger partial charge in [0.25, 0.3) is 5.56 Å². The Morgan fingerprint density at radius 2 is 1.96 bits per heavy atom. The summed E-state index contributed by atoms with van der Waals surface area (Å²) in [5, 5.41) is 4.54. The maximum atomic E-state index is 12.0. The first-order valence-electron chi connectivity index (χ1n) is 7.66. The Kier molecular flexibility index (Phi) is 5.73. The van der Waals surface area contributed by atoms with Crippen molar-refractivity contribution in [1.82, 2.24) is 15.3 Å². The summed E-state index contributed by atoms with van der Waals surface area (Å²) in [6, 6.07) is 13.4. The number of nitrogens with one attached hydrogen (secondary N) is 2. The third-order valence-electron chi connectivity index (χ3n) is 3.61. The van der Waals surface area contributed by atoms with Crippen LogP contribution in [0.4, 0.5) is 0 Å². The lowest BCUT2D eigenvalue weighted by Gasteiger charge is -2.08. The van der Waals surface area contributed by atoms with E-state index in [-0.39, 0.29) is 5.56 Å². The number of aromatic amines is 1. The lowest BCUT2D eigenvalue weighted by atomic mass is 10.2. The summed E-state index contributed by atoms with van der Waals surface area (Å²) in [7, 11) is 0. The number of hydrogen-bond acceptors (Lipinski definition) is 4. The molecule has 0 aliphatic heterocycles. The van der Waals surface area contributed by atoms with E-state index in [0.717, 1.165) is 16.1 Å². The van der Waals surface area contributed by atoms with Gasteiger partial charge in [-0.25, -0.2) is 4.98 Å². The lowest BCUT2D eigenvalue weighted by molar-refractivity contribution is 0.939. The molecule has 0 atom stereocenters. The number of fused-ring (bicyclic) bond motifs is 1. The normalized spacial score (nSPS) is 10.8. The predicted octanol–water partition coefficient (Wildman–Crippen LogP) is 4.19. The van der Waals surface area contributed by atoms with Crippen molar-refractivity contribution in [3.63, 3.8) is 0 Å². The van der Waals surface area contributed by atoms with Gasteiger partial charge in [0.1, 0.15) is 10.1 Å². The molecule has 0 unspecified atom stereocenters. The van der Waals surface area contributed by atoms with Gasteiger partial charge in [0.15, 0.2) is 0 Å². The van der Waals surface area contributed by atoms with Crippen molar-refractivity contribution in [1.29, 1.82) is 0 Å². The van der Waals surface area contributed by atoms with Gasteiger partial charge in [0, 0.05) is 17.3 Å². The molecular formula is C18H16ClN3OS2. The molecule has 3 aromatic rings. The molecule has 0 saturated heterocycles. The highest BCUT2D eigenvalue weighted by atomic mass is 35.5. The molecule has 0 aliphatic carbocycles. The second-order valence-corrected chi connectivity index (χ2v) is 7.65. The number of aromatic nitrogens is 2. The number of halogens is 1.